The summed E-state index contributed by atoms with van der Waals surface area (Å²) in [5, 5.41) is 0. The van der Waals surface area contributed by atoms with Gasteiger partial charge in [0.25, 0.3) is 0 Å². The third-order valence-corrected chi connectivity index (χ3v) is 2.72. The van der Waals surface area contributed by atoms with Gasteiger partial charge in [0.15, 0.2) is 0 Å². The monoisotopic (exact) mass is 248 g/mol. The number of pyridine rings is 1. The van der Waals surface area contributed by atoms with Gasteiger partial charge in [-0.2, -0.15) is 0 Å². The average Bonchev–Trinajstić information content (AvgIpc) is 2.34. The number of hydrogen-bond donors (Lipinski definition) is 1. The molecular formula is C14H14F2N2. The summed E-state index contributed by atoms with van der Waals surface area (Å²) in [6.07, 6.45) is 4.42. The fourth-order valence-electron chi connectivity index (χ4n) is 1.86. The quantitative estimate of drug-likeness (QED) is 0.902. The van der Waals surface area contributed by atoms with Gasteiger partial charge >= 0.3 is 0 Å². The number of nitrogens with two attached hydrogens (primary N) is 1. The van der Waals surface area contributed by atoms with Crippen LogP contribution in [0, 0.1) is 11.6 Å². The first kappa shape index (κ1) is 12.6. The predicted octanol–water partition coefficient (Wildman–Crippen LogP) is 2.47. The van der Waals surface area contributed by atoms with Crippen LogP contribution >= 0.6 is 0 Å². The van der Waals surface area contributed by atoms with Gasteiger partial charge in [0, 0.05) is 24.5 Å². The van der Waals surface area contributed by atoms with Crippen molar-refractivity contribution in [1.82, 2.24) is 4.98 Å². The highest BCUT2D eigenvalue weighted by Gasteiger charge is 2.10. The second-order valence-corrected chi connectivity index (χ2v) is 4.27. The maximum atomic E-state index is 13.4. The highest BCUT2D eigenvalue weighted by Crippen LogP contribution is 2.12. The SMILES string of the molecule is NC(Cc1cccnc1)Cc1ccc(F)cc1F. The van der Waals surface area contributed by atoms with E-state index in [4.69, 9.17) is 5.73 Å². The van der Waals surface area contributed by atoms with E-state index in [1.54, 1.807) is 12.4 Å². The van der Waals surface area contributed by atoms with E-state index >= 15 is 0 Å². The van der Waals surface area contributed by atoms with Crippen LogP contribution in [-0.4, -0.2) is 11.0 Å². The van der Waals surface area contributed by atoms with Crippen molar-refractivity contribution in [3.05, 3.63) is 65.5 Å². The molecule has 2 N–H and O–H groups in total. The zero-order valence-electron chi connectivity index (χ0n) is 9.81. The van der Waals surface area contributed by atoms with Crippen LogP contribution in [0.3, 0.4) is 0 Å². The topological polar surface area (TPSA) is 38.9 Å². The fraction of sp³-hybridized carbons (Fsp3) is 0.214. The van der Waals surface area contributed by atoms with Gasteiger partial charge in [-0.15, -0.1) is 0 Å². The Morgan fingerprint density at radius 3 is 2.67 bits per heavy atom. The lowest BCUT2D eigenvalue weighted by Crippen LogP contribution is -2.26. The molecule has 1 aromatic carbocycles. The molecule has 0 spiro atoms. The minimum Gasteiger partial charge on any atom is -0.327 e. The molecule has 0 aliphatic rings. The number of aromatic nitrogens is 1. The van der Waals surface area contributed by atoms with E-state index < -0.39 is 11.6 Å². The van der Waals surface area contributed by atoms with Gasteiger partial charge in [-0.25, -0.2) is 8.78 Å². The number of halogens is 2. The van der Waals surface area contributed by atoms with Gasteiger partial charge in [0.1, 0.15) is 11.6 Å². The molecule has 0 aliphatic heterocycles. The lowest BCUT2D eigenvalue weighted by Gasteiger charge is -2.12. The maximum absolute atomic E-state index is 13.4. The number of benzene rings is 1. The first-order valence-corrected chi connectivity index (χ1v) is 5.73. The van der Waals surface area contributed by atoms with Crippen LogP contribution in [0.15, 0.2) is 42.7 Å². The lowest BCUT2D eigenvalue weighted by atomic mass is 10.0. The van der Waals surface area contributed by atoms with E-state index in [0.29, 0.717) is 18.4 Å². The second kappa shape index (κ2) is 5.69. The summed E-state index contributed by atoms with van der Waals surface area (Å²) >= 11 is 0. The van der Waals surface area contributed by atoms with E-state index in [2.05, 4.69) is 4.98 Å². The molecule has 0 saturated carbocycles. The van der Waals surface area contributed by atoms with Crippen molar-refractivity contribution in [2.45, 2.75) is 18.9 Å². The number of nitrogens with zero attached hydrogens (tertiary/aromatic N) is 1. The van der Waals surface area contributed by atoms with Crippen molar-refractivity contribution in [3.8, 4) is 0 Å². The zero-order valence-corrected chi connectivity index (χ0v) is 9.81. The van der Waals surface area contributed by atoms with Crippen molar-refractivity contribution in [1.29, 1.82) is 0 Å². The van der Waals surface area contributed by atoms with Crippen LogP contribution in [0.1, 0.15) is 11.1 Å². The van der Waals surface area contributed by atoms with Crippen LogP contribution in [0.5, 0.6) is 0 Å². The zero-order chi connectivity index (χ0) is 13.0. The fourth-order valence-corrected chi connectivity index (χ4v) is 1.86. The highest BCUT2D eigenvalue weighted by molar-refractivity contribution is 5.20. The Kier molecular flexibility index (Phi) is 3.99. The molecule has 0 bridgehead atoms. The Morgan fingerprint density at radius 2 is 2.00 bits per heavy atom. The second-order valence-electron chi connectivity index (χ2n) is 4.27. The van der Waals surface area contributed by atoms with Crippen LogP contribution in [-0.2, 0) is 12.8 Å². The smallest absolute Gasteiger partial charge is 0.129 e. The van der Waals surface area contributed by atoms with E-state index in [1.807, 2.05) is 12.1 Å². The van der Waals surface area contributed by atoms with Gasteiger partial charge < -0.3 is 5.73 Å². The third-order valence-electron chi connectivity index (χ3n) is 2.72. The Bertz CT molecular complexity index is 514. The van der Waals surface area contributed by atoms with Crippen LogP contribution in [0.4, 0.5) is 8.78 Å². The van der Waals surface area contributed by atoms with Gasteiger partial charge in [0.2, 0.25) is 0 Å². The Balaban J connectivity index is 2.01. The predicted molar refractivity (Wildman–Crippen MR) is 66.0 cm³/mol. The molecule has 18 heavy (non-hydrogen) atoms. The Hall–Kier alpha value is -1.81. The van der Waals surface area contributed by atoms with Crippen LogP contribution in [0.2, 0.25) is 0 Å². The van der Waals surface area contributed by atoms with Crippen molar-refractivity contribution in [3.63, 3.8) is 0 Å². The summed E-state index contributed by atoms with van der Waals surface area (Å²) in [6.45, 7) is 0. The molecule has 0 radical (unpaired) electrons. The van der Waals surface area contributed by atoms with E-state index in [-0.39, 0.29) is 6.04 Å². The molecule has 2 aromatic rings. The minimum atomic E-state index is -0.572. The molecule has 2 nitrogen and oxygen atoms in total. The van der Waals surface area contributed by atoms with Gasteiger partial charge in [-0.1, -0.05) is 12.1 Å². The molecule has 0 amide bonds. The summed E-state index contributed by atoms with van der Waals surface area (Å²) in [5.41, 5.74) is 7.40. The van der Waals surface area contributed by atoms with E-state index in [9.17, 15) is 8.78 Å². The highest BCUT2D eigenvalue weighted by atomic mass is 19.1. The molecule has 1 atom stereocenters. The summed E-state index contributed by atoms with van der Waals surface area (Å²) in [4.78, 5) is 3.99. The maximum Gasteiger partial charge on any atom is 0.129 e. The molecular weight excluding hydrogens is 234 g/mol. The molecule has 2 rings (SSSR count). The molecule has 1 heterocycles. The first-order chi connectivity index (χ1) is 8.65. The molecule has 94 valence electrons. The van der Waals surface area contributed by atoms with Crippen LogP contribution in [0.25, 0.3) is 0 Å². The average molecular weight is 248 g/mol. The van der Waals surface area contributed by atoms with Crippen LogP contribution < -0.4 is 5.73 Å². The minimum absolute atomic E-state index is 0.214. The molecule has 4 heteroatoms. The Labute approximate surface area is 104 Å². The molecule has 0 aliphatic carbocycles. The molecule has 0 saturated heterocycles. The summed E-state index contributed by atoms with van der Waals surface area (Å²) in [7, 11) is 0. The first-order valence-electron chi connectivity index (χ1n) is 5.73. The van der Waals surface area contributed by atoms with Crippen molar-refractivity contribution in [2.75, 3.05) is 0 Å². The molecule has 0 fully saturated rings. The molecule has 1 aromatic heterocycles. The largest absolute Gasteiger partial charge is 0.327 e. The summed E-state index contributed by atoms with van der Waals surface area (Å²) < 4.78 is 26.2. The standard InChI is InChI=1S/C14H14F2N2/c15-12-4-3-11(14(16)8-12)7-13(17)6-10-2-1-5-18-9-10/h1-5,8-9,13H,6-7,17H2. The number of hydrogen-bond acceptors (Lipinski definition) is 2. The van der Waals surface area contributed by atoms with Crippen molar-refractivity contribution >= 4 is 0 Å². The van der Waals surface area contributed by atoms with Gasteiger partial charge in [-0.05, 0) is 36.1 Å². The summed E-state index contributed by atoms with van der Waals surface area (Å²) in [5.74, 6) is -1.12. The summed E-state index contributed by atoms with van der Waals surface area (Å²) in [6, 6.07) is 7.11. The number of rotatable bonds is 4. The van der Waals surface area contributed by atoms with E-state index in [0.717, 1.165) is 11.6 Å². The molecule has 1 unspecified atom stereocenters. The van der Waals surface area contributed by atoms with Gasteiger partial charge in [-0.3, -0.25) is 4.98 Å². The van der Waals surface area contributed by atoms with Crippen molar-refractivity contribution in [2.24, 2.45) is 5.73 Å². The van der Waals surface area contributed by atoms with Gasteiger partial charge in [0.05, 0.1) is 0 Å². The normalized spacial score (nSPS) is 12.4. The third kappa shape index (κ3) is 3.34. The van der Waals surface area contributed by atoms with Crippen molar-refractivity contribution < 1.29 is 8.78 Å². The van der Waals surface area contributed by atoms with E-state index in [1.165, 1.54) is 12.1 Å². The Morgan fingerprint density at radius 1 is 1.17 bits per heavy atom. The lowest BCUT2D eigenvalue weighted by molar-refractivity contribution is 0.558.